The van der Waals surface area contributed by atoms with Gasteiger partial charge in [-0.15, -0.1) is 0 Å². The predicted molar refractivity (Wildman–Crippen MR) is 91.8 cm³/mol. The molecule has 1 fully saturated rings. The molecule has 1 aromatic carbocycles. The van der Waals surface area contributed by atoms with Crippen LogP contribution in [0.15, 0.2) is 24.3 Å². The third-order valence-corrected chi connectivity index (χ3v) is 4.95. The van der Waals surface area contributed by atoms with Crippen LogP contribution in [0.4, 0.5) is 0 Å². The first-order chi connectivity index (χ1) is 10.2. The molecule has 1 aliphatic heterocycles. The molecule has 1 unspecified atom stereocenters. The quantitative estimate of drug-likeness (QED) is 0.863. The fourth-order valence-corrected chi connectivity index (χ4v) is 3.89. The Morgan fingerprint density at radius 3 is 2.62 bits per heavy atom. The van der Waals surface area contributed by atoms with E-state index in [1.807, 2.05) is 0 Å². The Hall–Kier alpha value is -0.970. The Morgan fingerprint density at radius 1 is 1.14 bits per heavy atom. The normalized spacial score (nSPS) is 23.7. The fraction of sp³-hybridized carbons (Fsp3) is 0.588. The predicted octanol–water partition coefficient (Wildman–Crippen LogP) is 2.01. The number of piperazine rings is 1. The van der Waals surface area contributed by atoms with Gasteiger partial charge in [0.15, 0.2) is 0 Å². The lowest BCUT2D eigenvalue weighted by molar-refractivity contribution is 0.137. The van der Waals surface area contributed by atoms with Gasteiger partial charge in [-0.25, -0.2) is 0 Å². The average Bonchev–Trinajstić information content (AvgIpc) is 2.49. The summed E-state index contributed by atoms with van der Waals surface area (Å²) in [4.78, 5) is 5.60. The monoisotopic (exact) mass is 303 g/mol. The van der Waals surface area contributed by atoms with Crippen molar-refractivity contribution in [1.29, 1.82) is 0 Å². The van der Waals surface area contributed by atoms with Crippen molar-refractivity contribution in [3.8, 4) is 0 Å². The number of aryl methyl sites for hydroxylation is 1. The van der Waals surface area contributed by atoms with Crippen LogP contribution in [-0.2, 0) is 6.42 Å². The summed E-state index contributed by atoms with van der Waals surface area (Å²) in [5.41, 5.74) is 8.80. The van der Waals surface area contributed by atoms with E-state index >= 15 is 0 Å². The van der Waals surface area contributed by atoms with E-state index in [1.165, 1.54) is 25.8 Å². The highest BCUT2D eigenvalue weighted by Crippen LogP contribution is 2.32. The van der Waals surface area contributed by atoms with Crippen LogP contribution < -0.4 is 5.73 Å². The lowest BCUT2D eigenvalue weighted by Crippen LogP contribution is -2.49. The molecule has 0 spiro atoms. The molecule has 1 aromatic rings. The van der Waals surface area contributed by atoms with E-state index < -0.39 is 0 Å². The van der Waals surface area contributed by atoms with Gasteiger partial charge in [-0.2, -0.15) is 0 Å². The first kappa shape index (κ1) is 14.9. The summed E-state index contributed by atoms with van der Waals surface area (Å²) in [6.07, 6.45) is 3.93. The SMILES string of the molecule is NC(=S)CN1CCN(CC2CCCc3ccccc32)CC1. The Bertz CT molecular complexity index is 495. The summed E-state index contributed by atoms with van der Waals surface area (Å²) in [6.45, 7) is 6.44. The van der Waals surface area contributed by atoms with E-state index in [9.17, 15) is 0 Å². The van der Waals surface area contributed by atoms with Crippen LogP contribution in [0.2, 0.25) is 0 Å². The average molecular weight is 303 g/mol. The van der Waals surface area contributed by atoms with Gasteiger partial charge in [0.1, 0.15) is 0 Å². The van der Waals surface area contributed by atoms with Gasteiger partial charge in [0.05, 0.1) is 4.99 Å². The van der Waals surface area contributed by atoms with Crippen molar-refractivity contribution >= 4 is 17.2 Å². The van der Waals surface area contributed by atoms with Crippen LogP contribution in [0.25, 0.3) is 0 Å². The third-order valence-electron chi connectivity index (χ3n) is 4.82. The molecule has 0 radical (unpaired) electrons. The Labute approximate surface area is 133 Å². The maximum atomic E-state index is 5.64. The summed E-state index contributed by atoms with van der Waals surface area (Å²) in [6, 6.07) is 9.01. The molecule has 0 amide bonds. The maximum absolute atomic E-state index is 5.64. The summed E-state index contributed by atoms with van der Waals surface area (Å²) >= 11 is 5.00. The van der Waals surface area contributed by atoms with Crippen molar-refractivity contribution in [1.82, 2.24) is 9.80 Å². The Morgan fingerprint density at radius 2 is 1.86 bits per heavy atom. The van der Waals surface area contributed by atoms with Crippen molar-refractivity contribution in [3.05, 3.63) is 35.4 Å². The highest BCUT2D eigenvalue weighted by molar-refractivity contribution is 7.80. The number of fused-ring (bicyclic) bond motifs is 1. The van der Waals surface area contributed by atoms with E-state index in [1.54, 1.807) is 11.1 Å². The zero-order valence-electron chi connectivity index (χ0n) is 12.6. The number of hydrogen-bond acceptors (Lipinski definition) is 3. The summed E-state index contributed by atoms with van der Waals surface area (Å²) in [5.74, 6) is 0.720. The highest BCUT2D eigenvalue weighted by Gasteiger charge is 2.24. The van der Waals surface area contributed by atoms with Gasteiger partial charge >= 0.3 is 0 Å². The summed E-state index contributed by atoms with van der Waals surface area (Å²) in [7, 11) is 0. The van der Waals surface area contributed by atoms with Gasteiger partial charge in [-0.05, 0) is 36.3 Å². The number of hydrogen-bond donors (Lipinski definition) is 1. The number of thiocarbonyl (C=S) groups is 1. The van der Waals surface area contributed by atoms with Crippen LogP contribution in [0.1, 0.15) is 29.9 Å². The molecule has 0 saturated carbocycles. The minimum Gasteiger partial charge on any atom is -0.392 e. The Kier molecular flexibility index (Phi) is 4.88. The fourth-order valence-electron chi connectivity index (χ4n) is 3.71. The van der Waals surface area contributed by atoms with Crippen molar-refractivity contribution in [2.24, 2.45) is 5.73 Å². The van der Waals surface area contributed by atoms with Crippen LogP contribution in [0.3, 0.4) is 0 Å². The largest absolute Gasteiger partial charge is 0.392 e. The van der Waals surface area contributed by atoms with Crippen molar-refractivity contribution < 1.29 is 0 Å². The number of rotatable bonds is 4. The molecule has 114 valence electrons. The van der Waals surface area contributed by atoms with Gasteiger partial charge in [0.2, 0.25) is 0 Å². The van der Waals surface area contributed by atoms with Gasteiger partial charge in [0.25, 0.3) is 0 Å². The van der Waals surface area contributed by atoms with E-state index in [-0.39, 0.29) is 0 Å². The molecular formula is C17H25N3S. The van der Waals surface area contributed by atoms with Crippen LogP contribution in [0.5, 0.6) is 0 Å². The van der Waals surface area contributed by atoms with E-state index in [0.717, 1.165) is 38.6 Å². The molecule has 1 saturated heterocycles. The minimum atomic E-state index is 0.615. The molecule has 3 nitrogen and oxygen atoms in total. The van der Waals surface area contributed by atoms with E-state index in [0.29, 0.717) is 4.99 Å². The van der Waals surface area contributed by atoms with Crippen LogP contribution >= 0.6 is 12.2 Å². The zero-order valence-corrected chi connectivity index (χ0v) is 13.4. The number of benzene rings is 1. The molecule has 1 atom stereocenters. The van der Waals surface area contributed by atoms with Gasteiger partial charge < -0.3 is 10.6 Å². The smallest absolute Gasteiger partial charge is 0.0870 e. The van der Waals surface area contributed by atoms with Crippen LogP contribution in [-0.4, -0.2) is 54.1 Å². The molecule has 1 aliphatic carbocycles. The maximum Gasteiger partial charge on any atom is 0.0870 e. The second kappa shape index (κ2) is 6.86. The molecule has 3 rings (SSSR count). The van der Waals surface area contributed by atoms with E-state index in [2.05, 4.69) is 34.1 Å². The number of nitrogens with two attached hydrogens (primary N) is 1. The third kappa shape index (κ3) is 3.82. The molecule has 4 heteroatoms. The second-order valence-electron chi connectivity index (χ2n) is 6.33. The van der Waals surface area contributed by atoms with Crippen molar-refractivity contribution in [2.45, 2.75) is 25.2 Å². The second-order valence-corrected chi connectivity index (χ2v) is 6.86. The van der Waals surface area contributed by atoms with Gasteiger partial charge in [-0.1, -0.05) is 36.5 Å². The molecule has 21 heavy (non-hydrogen) atoms. The lowest BCUT2D eigenvalue weighted by atomic mass is 9.82. The Balaban J connectivity index is 1.56. The minimum absolute atomic E-state index is 0.615. The van der Waals surface area contributed by atoms with Crippen molar-refractivity contribution in [3.63, 3.8) is 0 Å². The van der Waals surface area contributed by atoms with Crippen molar-refractivity contribution in [2.75, 3.05) is 39.3 Å². The molecule has 2 N–H and O–H groups in total. The highest BCUT2D eigenvalue weighted by atomic mass is 32.1. The first-order valence-corrected chi connectivity index (χ1v) is 8.44. The summed E-state index contributed by atoms with van der Waals surface area (Å²) in [5, 5.41) is 0. The topological polar surface area (TPSA) is 32.5 Å². The standard InChI is InChI=1S/C17H25N3S/c18-17(21)13-20-10-8-19(9-11-20)12-15-6-3-5-14-4-1-2-7-16(14)15/h1-2,4,7,15H,3,5-6,8-13H2,(H2,18,21). The summed E-state index contributed by atoms with van der Waals surface area (Å²) < 4.78 is 0. The van der Waals surface area contributed by atoms with E-state index in [4.69, 9.17) is 18.0 Å². The molecule has 0 aromatic heterocycles. The lowest BCUT2D eigenvalue weighted by Gasteiger charge is -2.37. The van der Waals surface area contributed by atoms with Gasteiger partial charge in [0, 0.05) is 39.3 Å². The molecule has 1 heterocycles. The molecular weight excluding hydrogens is 278 g/mol. The van der Waals surface area contributed by atoms with Crippen LogP contribution in [0, 0.1) is 0 Å². The van der Waals surface area contributed by atoms with Gasteiger partial charge in [-0.3, -0.25) is 4.90 Å². The first-order valence-electron chi connectivity index (χ1n) is 8.03. The number of nitrogens with zero attached hydrogens (tertiary/aromatic N) is 2. The molecule has 0 bridgehead atoms. The zero-order chi connectivity index (χ0) is 14.7. The molecule has 2 aliphatic rings.